The van der Waals surface area contributed by atoms with Crippen molar-refractivity contribution in [3.8, 4) is 11.8 Å². The standard InChI is InChI=1S/C26H24Cl2N4O2/c27-21-7-5-19(6-8-21)25-17-31(26(30)20-3-1-18(16-29)2-4-20)11-12-32(25)24-10-9-22(15-23(24)28)34-14-13-33/h1-10,15,25,30,33H,11-14,17H2/t25-/m0/s1. The number of aliphatic hydroxyl groups is 1. The Kier molecular flexibility index (Phi) is 7.59. The van der Waals surface area contributed by atoms with E-state index in [0.717, 1.165) is 16.8 Å². The number of nitriles is 1. The van der Waals surface area contributed by atoms with E-state index in [4.69, 9.17) is 43.7 Å². The molecular formula is C26H24Cl2N4O2. The third-order valence-corrected chi connectivity index (χ3v) is 6.38. The highest BCUT2D eigenvalue weighted by molar-refractivity contribution is 6.33. The van der Waals surface area contributed by atoms with Gasteiger partial charge < -0.3 is 19.6 Å². The second-order valence-corrected chi connectivity index (χ2v) is 8.77. The van der Waals surface area contributed by atoms with E-state index in [-0.39, 0.29) is 19.3 Å². The lowest BCUT2D eigenvalue weighted by Gasteiger charge is -2.44. The topological polar surface area (TPSA) is 83.6 Å². The first-order chi connectivity index (χ1) is 16.5. The Labute approximate surface area is 209 Å². The number of anilines is 1. The minimum atomic E-state index is -0.0643. The second-order valence-electron chi connectivity index (χ2n) is 7.93. The van der Waals surface area contributed by atoms with Crippen molar-refractivity contribution < 1.29 is 9.84 Å². The molecule has 1 aliphatic rings. The zero-order valence-electron chi connectivity index (χ0n) is 18.4. The van der Waals surface area contributed by atoms with Gasteiger partial charge in [0.2, 0.25) is 0 Å². The van der Waals surface area contributed by atoms with Crippen LogP contribution in [0.2, 0.25) is 10.0 Å². The van der Waals surface area contributed by atoms with Gasteiger partial charge in [0.15, 0.2) is 0 Å². The van der Waals surface area contributed by atoms with Gasteiger partial charge in [-0.2, -0.15) is 5.26 Å². The van der Waals surface area contributed by atoms with E-state index >= 15 is 0 Å². The van der Waals surface area contributed by atoms with Crippen LogP contribution >= 0.6 is 23.2 Å². The maximum absolute atomic E-state index is 9.06. The molecule has 0 spiro atoms. The number of nitrogens with one attached hydrogen (secondary N) is 1. The Morgan fingerprint density at radius 3 is 2.44 bits per heavy atom. The van der Waals surface area contributed by atoms with Gasteiger partial charge in [-0.25, -0.2) is 0 Å². The molecule has 1 saturated heterocycles. The van der Waals surface area contributed by atoms with Crippen molar-refractivity contribution >= 4 is 34.7 Å². The monoisotopic (exact) mass is 494 g/mol. The van der Waals surface area contributed by atoms with Crippen molar-refractivity contribution in [1.29, 1.82) is 10.7 Å². The number of piperazine rings is 1. The molecule has 0 aliphatic carbocycles. The van der Waals surface area contributed by atoms with E-state index < -0.39 is 0 Å². The van der Waals surface area contributed by atoms with Gasteiger partial charge in [-0.3, -0.25) is 5.41 Å². The van der Waals surface area contributed by atoms with Crippen molar-refractivity contribution in [3.05, 3.63) is 93.5 Å². The fourth-order valence-corrected chi connectivity index (χ4v) is 4.51. The van der Waals surface area contributed by atoms with Crippen LogP contribution in [0.1, 0.15) is 22.7 Å². The lowest BCUT2D eigenvalue weighted by atomic mass is 10.00. The summed E-state index contributed by atoms with van der Waals surface area (Å²) in [5.41, 5.74) is 3.29. The summed E-state index contributed by atoms with van der Waals surface area (Å²) in [6.45, 7) is 2.02. The number of benzene rings is 3. The SMILES string of the molecule is N#Cc1ccc(C(=N)N2CCN(c3ccc(OCCO)cc3Cl)[C@H](c3ccc(Cl)cc3)C2)cc1. The first-order valence-electron chi connectivity index (χ1n) is 10.9. The average Bonchev–Trinajstić information content (AvgIpc) is 2.87. The predicted octanol–water partition coefficient (Wildman–Crippen LogP) is 5.13. The molecule has 0 aromatic heterocycles. The Bertz CT molecular complexity index is 1190. The molecule has 0 amide bonds. The summed E-state index contributed by atoms with van der Waals surface area (Å²) in [7, 11) is 0. The van der Waals surface area contributed by atoms with Crippen LogP contribution in [-0.4, -0.2) is 48.7 Å². The summed E-state index contributed by atoms with van der Waals surface area (Å²) in [5.74, 6) is 1.02. The van der Waals surface area contributed by atoms with Gasteiger partial charge in [-0.15, -0.1) is 0 Å². The fourth-order valence-electron chi connectivity index (χ4n) is 4.10. The minimum Gasteiger partial charge on any atom is -0.491 e. The van der Waals surface area contributed by atoms with Crippen LogP contribution in [-0.2, 0) is 0 Å². The molecule has 1 atom stereocenters. The maximum Gasteiger partial charge on any atom is 0.128 e. The molecule has 2 N–H and O–H groups in total. The minimum absolute atomic E-state index is 0.0635. The number of ether oxygens (including phenoxy) is 1. The number of halogens is 2. The summed E-state index contributed by atoms with van der Waals surface area (Å²) in [6, 6.07) is 22.4. The van der Waals surface area contributed by atoms with Crippen LogP contribution in [0.15, 0.2) is 66.7 Å². The van der Waals surface area contributed by atoms with Gasteiger partial charge in [0.05, 0.1) is 35.0 Å². The number of rotatable bonds is 6. The van der Waals surface area contributed by atoms with E-state index in [1.54, 1.807) is 18.2 Å². The second kappa shape index (κ2) is 10.8. The number of nitrogens with zero attached hydrogens (tertiary/aromatic N) is 3. The average molecular weight is 495 g/mol. The highest BCUT2D eigenvalue weighted by Gasteiger charge is 2.31. The highest BCUT2D eigenvalue weighted by Crippen LogP contribution is 2.37. The molecule has 1 heterocycles. The molecule has 0 saturated carbocycles. The van der Waals surface area contributed by atoms with Crippen molar-refractivity contribution in [2.75, 3.05) is 37.7 Å². The molecule has 1 aliphatic heterocycles. The van der Waals surface area contributed by atoms with Crippen LogP contribution < -0.4 is 9.64 Å². The first-order valence-corrected chi connectivity index (χ1v) is 11.6. The molecule has 0 radical (unpaired) electrons. The lowest BCUT2D eigenvalue weighted by molar-refractivity contribution is 0.201. The summed E-state index contributed by atoms with van der Waals surface area (Å²) in [5, 5.41) is 28.1. The van der Waals surface area contributed by atoms with Crippen LogP contribution in [0.3, 0.4) is 0 Å². The van der Waals surface area contributed by atoms with Crippen LogP contribution in [0.25, 0.3) is 0 Å². The zero-order valence-corrected chi connectivity index (χ0v) is 19.9. The molecule has 0 unspecified atom stereocenters. The molecule has 3 aromatic carbocycles. The van der Waals surface area contributed by atoms with Gasteiger partial charge >= 0.3 is 0 Å². The Morgan fingerprint density at radius 2 is 1.79 bits per heavy atom. The lowest BCUT2D eigenvalue weighted by Crippen LogP contribution is -2.50. The van der Waals surface area contributed by atoms with Gasteiger partial charge in [0.25, 0.3) is 0 Å². The molecule has 34 heavy (non-hydrogen) atoms. The number of hydrogen-bond donors (Lipinski definition) is 2. The van der Waals surface area contributed by atoms with Gasteiger partial charge in [-0.05, 0) is 54.1 Å². The predicted molar refractivity (Wildman–Crippen MR) is 135 cm³/mol. The van der Waals surface area contributed by atoms with Crippen LogP contribution in [0.4, 0.5) is 5.69 Å². The summed E-state index contributed by atoms with van der Waals surface area (Å²) in [4.78, 5) is 4.29. The maximum atomic E-state index is 9.06. The summed E-state index contributed by atoms with van der Waals surface area (Å²) >= 11 is 12.8. The Morgan fingerprint density at radius 1 is 1.06 bits per heavy atom. The number of amidine groups is 1. The number of hydrogen-bond acceptors (Lipinski definition) is 5. The van der Waals surface area contributed by atoms with E-state index in [9.17, 15) is 0 Å². The molecule has 3 aromatic rings. The third-order valence-electron chi connectivity index (χ3n) is 5.83. The first kappa shape index (κ1) is 23.9. The molecule has 8 heteroatoms. The highest BCUT2D eigenvalue weighted by atomic mass is 35.5. The van der Waals surface area contributed by atoms with Gasteiger partial charge in [0, 0.05) is 36.3 Å². The third kappa shape index (κ3) is 5.28. The van der Waals surface area contributed by atoms with E-state index in [1.807, 2.05) is 53.4 Å². The van der Waals surface area contributed by atoms with Crippen molar-refractivity contribution in [2.24, 2.45) is 0 Å². The zero-order chi connectivity index (χ0) is 24.1. The quantitative estimate of drug-likeness (QED) is 0.366. The summed E-state index contributed by atoms with van der Waals surface area (Å²) < 4.78 is 5.49. The van der Waals surface area contributed by atoms with Crippen molar-refractivity contribution in [2.45, 2.75) is 6.04 Å². The molecule has 4 rings (SSSR count). The molecule has 0 bridgehead atoms. The van der Waals surface area contributed by atoms with Crippen molar-refractivity contribution in [3.63, 3.8) is 0 Å². The van der Waals surface area contributed by atoms with Crippen molar-refractivity contribution in [1.82, 2.24) is 4.90 Å². The normalized spacial score (nSPS) is 15.6. The van der Waals surface area contributed by atoms with Gasteiger partial charge in [-0.1, -0.05) is 35.3 Å². The van der Waals surface area contributed by atoms with E-state index in [2.05, 4.69) is 11.0 Å². The summed E-state index contributed by atoms with van der Waals surface area (Å²) in [6.07, 6.45) is 0. The van der Waals surface area contributed by atoms with E-state index in [1.165, 1.54) is 0 Å². The molecule has 174 valence electrons. The number of aliphatic hydroxyl groups excluding tert-OH is 1. The molecule has 6 nitrogen and oxygen atoms in total. The van der Waals surface area contributed by atoms with E-state index in [0.29, 0.717) is 46.8 Å². The Hall–Kier alpha value is -3.24. The largest absolute Gasteiger partial charge is 0.491 e. The van der Waals surface area contributed by atoms with Crippen LogP contribution in [0, 0.1) is 16.7 Å². The fraction of sp³-hybridized carbons (Fsp3) is 0.231. The van der Waals surface area contributed by atoms with Gasteiger partial charge in [0.1, 0.15) is 18.2 Å². The Balaban J connectivity index is 1.62. The molecule has 1 fully saturated rings. The molecular weight excluding hydrogens is 471 g/mol. The smallest absolute Gasteiger partial charge is 0.128 e. The van der Waals surface area contributed by atoms with Crippen LogP contribution in [0.5, 0.6) is 5.75 Å².